The number of hydrogen-bond acceptors (Lipinski definition) is 5. The number of likely N-dealkylation sites (tertiary alicyclic amines) is 1. The number of carbonyl (C=O) groups excluding carboxylic acids is 3. The van der Waals surface area contributed by atoms with E-state index in [2.05, 4.69) is 5.32 Å². The minimum absolute atomic E-state index is 0.0849. The molecule has 0 saturated carbocycles. The average Bonchev–Trinajstić information content (AvgIpc) is 3.13. The number of hydrogen-bond donors (Lipinski definition) is 1. The Hall–Kier alpha value is -3.66. The predicted molar refractivity (Wildman–Crippen MR) is 110 cm³/mol. The van der Waals surface area contributed by atoms with Crippen molar-refractivity contribution in [2.45, 2.75) is 25.9 Å². The second-order valence-corrected chi connectivity index (χ2v) is 7.24. The van der Waals surface area contributed by atoms with Crippen molar-refractivity contribution in [1.29, 1.82) is 5.26 Å². The van der Waals surface area contributed by atoms with Gasteiger partial charge < -0.3 is 15.0 Å². The van der Waals surface area contributed by atoms with Gasteiger partial charge in [-0.2, -0.15) is 5.26 Å². The van der Waals surface area contributed by atoms with Gasteiger partial charge in [0.15, 0.2) is 6.10 Å². The van der Waals surface area contributed by atoms with Gasteiger partial charge in [0.05, 0.1) is 17.6 Å². The van der Waals surface area contributed by atoms with E-state index in [-0.39, 0.29) is 12.3 Å². The molecule has 1 saturated heterocycles. The number of carbonyl (C=O) groups is 3. The quantitative estimate of drug-likeness (QED) is 0.714. The molecular formula is C23H23N3O4. The van der Waals surface area contributed by atoms with Gasteiger partial charge in [-0.1, -0.05) is 36.4 Å². The summed E-state index contributed by atoms with van der Waals surface area (Å²) >= 11 is 0. The lowest BCUT2D eigenvalue weighted by Gasteiger charge is -2.18. The van der Waals surface area contributed by atoms with Crippen LogP contribution < -0.4 is 5.32 Å². The van der Waals surface area contributed by atoms with Crippen LogP contribution in [0.4, 0.5) is 5.69 Å². The van der Waals surface area contributed by atoms with Crippen LogP contribution in [0, 0.1) is 17.2 Å². The lowest BCUT2D eigenvalue weighted by atomic mass is 10.1. The summed E-state index contributed by atoms with van der Waals surface area (Å²) < 4.78 is 5.29. The molecule has 1 aliphatic rings. The SMILES string of the molecule is C[C@H](OC(=O)[C@H]1CC(=O)N(CCc2ccccc2)C1)C(=O)Nc1cccc(C#N)c1. The fourth-order valence-electron chi connectivity index (χ4n) is 3.29. The third-order valence-electron chi connectivity index (χ3n) is 4.98. The van der Waals surface area contributed by atoms with Crippen LogP contribution in [0.25, 0.3) is 0 Å². The van der Waals surface area contributed by atoms with E-state index in [1.165, 1.54) is 13.0 Å². The molecule has 0 unspecified atom stereocenters. The molecule has 2 aromatic rings. The summed E-state index contributed by atoms with van der Waals surface area (Å²) in [6, 6.07) is 18.3. The number of nitrogens with one attached hydrogen (secondary N) is 1. The lowest BCUT2D eigenvalue weighted by molar-refractivity contribution is -0.157. The zero-order valence-corrected chi connectivity index (χ0v) is 16.7. The molecule has 0 aromatic heterocycles. The van der Waals surface area contributed by atoms with E-state index in [1.807, 2.05) is 36.4 Å². The molecule has 2 aromatic carbocycles. The van der Waals surface area contributed by atoms with Crippen molar-refractivity contribution < 1.29 is 19.1 Å². The van der Waals surface area contributed by atoms with Crippen LogP contribution >= 0.6 is 0 Å². The Balaban J connectivity index is 1.49. The Morgan fingerprint density at radius 1 is 1.23 bits per heavy atom. The van der Waals surface area contributed by atoms with E-state index in [1.54, 1.807) is 23.1 Å². The summed E-state index contributed by atoms with van der Waals surface area (Å²) in [7, 11) is 0. The van der Waals surface area contributed by atoms with Gasteiger partial charge in [0.25, 0.3) is 5.91 Å². The Kier molecular flexibility index (Phi) is 6.81. The van der Waals surface area contributed by atoms with Crippen LogP contribution in [0.5, 0.6) is 0 Å². The second kappa shape index (κ2) is 9.70. The van der Waals surface area contributed by atoms with Gasteiger partial charge in [-0.25, -0.2) is 0 Å². The number of amides is 2. The zero-order chi connectivity index (χ0) is 21.5. The summed E-state index contributed by atoms with van der Waals surface area (Å²) in [5, 5.41) is 11.6. The van der Waals surface area contributed by atoms with Crippen molar-refractivity contribution in [1.82, 2.24) is 4.90 Å². The van der Waals surface area contributed by atoms with Crippen LogP contribution in [-0.2, 0) is 25.5 Å². The highest BCUT2D eigenvalue weighted by atomic mass is 16.5. The maximum atomic E-state index is 12.5. The molecule has 2 atom stereocenters. The molecular weight excluding hydrogens is 382 g/mol. The van der Waals surface area contributed by atoms with E-state index in [0.29, 0.717) is 24.3 Å². The first-order valence-corrected chi connectivity index (χ1v) is 9.79. The first kappa shape index (κ1) is 21.1. The standard InChI is InChI=1S/C23H23N3O4/c1-16(22(28)25-20-9-5-8-18(12-20)14-24)30-23(29)19-13-21(27)26(15-19)11-10-17-6-3-2-4-7-17/h2-9,12,16,19H,10-11,13,15H2,1H3,(H,25,28)/t16-,19-/m0/s1. The van der Waals surface area contributed by atoms with Crippen LogP contribution in [0.1, 0.15) is 24.5 Å². The number of nitrogens with zero attached hydrogens (tertiary/aromatic N) is 2. The second-order valence-electron chi connectivity index (χ2n) is 7.24. The minimum atomic E-state index is -1.02. The van der Waals surface area contributed by atoms with E-state index in [0.717, 1.165) is 12.0 Å². The average molecular weight is 405 g/mol. The topological polar surface area (TPSA) is 99.5 Å². The Morgan fingerprint density at radius 2 is 2.00 bits per heavy atom. The fraction of sp³-hybridized carbons (Fsp3) is 0.304. The Morgan fingerprint density at radius 3 is 2.73 bits per heavy atom. The largest absolute Gasteiger partial charge is 0.452 e. The molecule has 1 aliphatic heterocycles. The summed E-state index contributed by atoms with van der Waals surface area (Å²) in [6.45, 7) is 2.31. The van der Waals surface area contributed by atoms with E-state index < -0.39 is 23.9 Å². The molecule has 0 spiro atoms. The highest BCUT2D eigenvalue weighted by Crippen LogP contribution is 2.20. The molecule has 154 valence electrons. The molecule has 7 heteroatoms. The number of benzene rings is 2. The molecule has 2 amide bonds. The molecule has 0 aliphatic carbocycles. The molecule has 30 heavy (non-hydrogen) atoms. The highest BCUT2D eigenvalue weighted by Gasteiger charge is 2.36. The molecule has 0 bridgehead atoms. The molecule has 1 N–H and O–H groups in total. The van der Waals surface area contributed by atoms with Crippen molar-refractivity contribution in [3.63, 3.8) is 0 Å². The van der Waals surface area contributed by atoms with Gasteiger partial charge in [-0.05, 0) is 37.1 Å². The summed E-state index contributed by atoms with van der Waals surface area (Å²) in [6.07, 6.45) is -0.210. The normalized spacial score (nSPS) is 16.6. The molecule has 0 radical (unpaired) electrons. The van der Waals surface area contributed by atoms with Crippen LogP contribution in [0.3, 0.4) is 0 Å². The van der Waals surface area contributed by atoms with E-state index >= 15 is 0 Å². The molecule has 3 rings (SSSR count). The Bertz CT molecular complexity index is 968. The Labute approximate surface area is 175 Å². The smallest absolute Gasteiger partial charge is 0.312 e. The van der Waals surface area contributed by atoms with Gasteiger partial charge in [0.1, 0.15) is 0 Å². The first-order valence-electron chi connectivity index (χ1n) is 9.79. The summed E-state index contributed by atoms with van der Waals surface area (Å²) in [4.78, 5) is 38.7. The third kappa shape index (κ3) is 5.45. The minimum Gasteiger partial charge on any atom is -0.452 e. The summed E-state index contributed by atoms with van der Waals surface area (Å²) in [5.74, 6) is -1.72. The number of rotatable bonds is 7. The van der Waals surface area contributed by atoms with Crippen LogP contribution in [0.2, 0.25) is 0 Å². The van der Waals surface area contributed by atoms with E-state index in [4.69, 9.17) is 10.00 Å². The van der Waals surface area contributed by atoms with Gasteiger partial charge in [0.2, 0.25) is 5.91 Å². The van der Waals surface area contributed by atoms with Crippen molar-refractivity contribution in [3.05, 3.63) is 65.7 Å². The molecule has 1 fully saturated rings. The zero-order valence-electron chi connectivity index (χ0n) is 16.7. The molecule has 7 nitrogen and oxygen atoms in total. The van der Waals surface area contributed by atoms with Gasteiger partial charge >= 0.3 is 5.97 Å². The number of anilines is 1. The maximum Gasteiger partial charge on any atom is 0.312 e. The van der Waals surface area contributed by atoms with Crippen molar-refractivity contribution in [2.75, 3.05) is 18.4 Å². The summed E-state index contributed by atoms with van der Waals surface area (Å²) in [5.41, 5.74) is 1.99. The highest BCUT2D eigenvalue weighted by molar-refractivity contribution is 5.95. The maximum absolute atomic E-state index is 12.5. The monoisotopic (exact) mass is 405 g/mol. The lowest BCUT2D eigenvalue weighted by Crippen LogP contribution is -2.33. The van der Waals surface area contributed by atoms with Crippen molar-refractivity contribution >= 4 is 23.5 Å². The number of esters is 1. The third-order valence-corrected chi connectivity index (χ3v) is 4.98. The van der Waals surface area contributed by atoms with Gasteiger partial charge in [0, 0.05) is 25.2 Å². The van der Waals surface area contributed by atoms with Crippen LogP contribution in [0.15, 0.2) is 54.6 Å². The molecule has 1 heterocycles. The fourth-order valence-corrected chi connectivity index (χ4v) is 3.29. The predicted octanol–water partition coefficient (Wildman–Crippen LogP) is 2.52. The van der Waals surface area contributed by atoms with E-state index in [9.17, 15) is 14.4 Å². The van der Waals surface area contributed by atoms with Crippen LogP contribution in [-0.4, -0.2) is 41.9 Å². The van der Waals surface area contributed by atoms with Gasteiger partial charge in [-0.3, -0.25) is 14.4 Å². The first-order chi connectivity index (χ1) is 14.5. The van der Waals surface area contributed by atoms with Crippen molar-refractivity contribution in [2.24, 2.45) is 5.92 Å². The number of nitriles is 1. The van der Waals surface area contributed by atoms with Crippen molar-refractivity contribution in [3.8, 4) is 6.07 Å². The van der Waals surface area contributed by atoms with Gasteiger partial charge in [-0.15, -0.1) is 0 Å². The number of ether oxygens (including phenoxy) is 1.